The summed E-state index contributed by atoms with van der Waals surface area (Å²) in [6, 6.07) is 14.3. The average Bonchev–Trinajstić information content (AvgIpc) is 3.02. The first kappa shape index (κ1) is 25.6. The minimum Gasteiger partial charge on any atom is -0.350 e. The van der Waals surface area contributed by atoms with Crippen molar-refractivity contribution in [3.8, 4) is 0 Å². The van der Waals surface area contributed by atoms with Crippen molar-refractivity contribution in [2.24, 2.45) is 0 Å². The first-order valence-corrected chi connectivity index (χ1v) is 11.2. The molecule has 3 aromatic rings. The number of amides is 3. The van der Waals surface area contributed by atoms with Crippen LogP contribution in [0.3, 0.4) is 0 Å². The van der Waals surface area contributed by atoms with Gasteiger partial charge in [0.15, 0.2) is 0 Å². The molecule has 6 nitrogen and oxygen atoms in total. The van der Waals surface area contributed by atoms with Gasteiger partial charge in [0.05, 0.1) is 22.0 Å². The van der Waals surface area contributed by atoms with Crippen LogP contribution in [0.2, 0.25) is 10.0 Å². The fraction of sp³-hybridized carbons (Fsp3) is 0.0417. The van der Waals surface area contributed by atoms with Crippen molar-refractivity contribution in [3.05, 3.63) is 98.6 Å². The number of hydrogen-bond donors (Lipinski definition) is 2. The van der Waals surface area contributed by atoms with Crippen molar-refractivity contribution in [2.45, 2.75) is 6.18 Å². The number of nitrogens with zero attached hydrogens (tertiary/aromatic N) is 1. The zero-order chi connectivity index (χ0) is 26.2. The van der Waals surface area contributed by atoms with E-state index in [-0.39, 0.29) is 32.7 Å². The van der Waals surface area contributed by atoms with Gasteiger partial charge in [-0.2, -0.15) is 13.2 Å². The number of nitrogens with one attached hydrogen (secondary N) is 2. The summed E-state index contributed by atoms with van der Waals surface area (Å²) in [5.74, 6) is -2.33. The third kappa shape index (κ3) is 5.04. The standard InChI is InChI=1S/C24H13Cl3F3N3O3/c25-13-7-10-18(16(26)11-13)33-22(35)19(27)20(23(33)36)31-14-8-5-12(6-9-14)21(34)32-17-4-2-1-3-15(17)24(28,29)30/h1-11,31H,(H,32,34). The minimum absolute atomic E-state index is 0.0565. The second kappa shape index (κ2) is 9.85. The molecule has 3 aromatic carbocycles. The number of imide groups is 1. The van der Waals surface area contributed by atoms with Crippen molar-refractivity contribution in [1.29, 1.82) is 0 Å². The highest BCUT2D eigenvalue weighted by molar-refractivity contribution is 6.54. The van der Waals surface area contributed by atoms with Gasteiger partial charge < -0.3 is 10.6 Å². The lowest BCUT2D eigenvalue weighted by Crippen LogP contribution is -2.32. The van der Waals surface area contributed by atoms with Crippen LogP contribution in [-0.4, -0.2) is 17.7 Å². The molecule has 1 aliphatic rings. The molecule has 1 heterocycles. The molecule has 0 atom stereocenters. The number of halogens is 6. The van der Waals surface area contributed by atoms with Gasteiger partial charge in [-0.3, -0.25) is 14.4 Å². The fourth-order valence-corrected chi connectivity index (χ4v) is 4.08. The Hall–Kier alpha value is -3.53. The molecule has 0 fully saturated rings. The summed E-state index contributed by atoms with van der Waals surface area (Å²) in [6.07, 6.45) is -4.64. The first-order chi connectivity index (χ1) is 17.0. The van der Waals surface area contributed by atoms with Crippen LogP contribution in [-0.2, 0) is 15.8 Å². The van der Waals surface area contributed by atoms with E-state index in [1.807, 2.05) is 0 Å². The summed E-state index contributed by atoms with van der Waals surface area (Å²) in [5.41, 5.74) is -1.14. The molecular formula is C24H13Cl3F3N3O3. The van der Waals surface area contributed by atoms with Crippen molar-refractivity contribution in [3.63, 3.8) is 0 Å². The number of carbonyl (C=O) groups excluding carboxylic acids is 3. The molecule has 4 rings (SSSR count). The molecule has 0 radical (unpaired) electrons. The molecule has 3 amide bonds. The fourth-order valence-electron chi connectivity index (χ4n) is 3.38. The smallest absolute Gasteiger partial charge is 0.350 e. The molecular weight excluding hydrogens is 542 g/mol. The van der Waals surface area contributed by atoms with Crippen LogP contribution in [0.4, 0.5) is 30.2 Å². The van der Waals surface area contributed by atoms with Gasteiger partial charge in [-0.25, -0.2) is 4.90 Å². The lowest BCUT2D eigenvalue weighted by atomic mass is 10.1. The lowest BCUT2D eigenvalue weighted by Gasteiger charge is -2.16. The molecule has 36 heavy (non-hydrogen) atoms. The maximum atomic E-state index is 13.2. The summed E-state index contributed by atoms with van der Waals surface area (Å²) in [5, 5.41) is 4.97. The Balaban J connectivity index is 1.50. The van der Waals surface area contributed by atoms with E-state index < -0.39 is 29.5 Å². The Bertz CT molecular complexity index is 1420. The van der Waals surface area contributed by atoms with Crippen molar-refractivity contribution >= 4 is 69.6 Å². The Morgan fingerprint density at radius 3 is 2.17 bits per heavy atom. The molecule has 0 unspecified atom stereocenters. The maximum absolute atomic E-state index is 13.2. The predicted molar refractivity (Wildman–Crippen MR) is 131 cm³/mol. The number of para-hydroxylation sites is 1. The van der Waals surface area contributed by atoms with Gasteiger partial charge >= 0.3 is 6.18 Å². The molecule has 0 bridgehead atoms. The van der Waals surface area contributed by atoms with Crippen molar-refractivity contribution in [1.82, 2.24) is 0 Å². The summed E-state index contributed by atoms with van der Waals surface area (Å²) >= 11 is 18.1. The van der Waals surface area contributed by atoms with E-state index in [0.29, 0.717) is 10.7 Å². The van der Waals surface area contributed by atoms with Gasteiger partial charge in [-0.1, -0.05) is 46.9 Å². The Morgan fingerprint density at radius 2 is 1.53 bits per heavy atom. The number of anilines is 3. The molecule has 1 aliphatic heterocycles. The molecule has 0 aliphatic carbocycles. The second-order valence-corrected chi connectivity index (χ2v) is 8.65. The number of hydrogen-bond acceptors (Lipinski definition) is 4. The summed E-state index contributed by atoms with van der Waals surface area (Å²) in [4.78, 5) is 38.8. The molecule has 12 heteroatoms. The largest absolute Gasteiger partial charge is 0.418 e. The van der Waals surface area contributed by atoms with Crippen LogP contribution in [0, 0.1) is 0 Å². The van der Waals surface area contributed by atoms with Gasteiger partial charge in [-0.15, -0.1) is 0 Å². The van der Waals surface area contributed by atoms with Crippen LogP contribution in [0.15, 0.2) is 77.5 Å². The van der Waals surface area contributed by atoms with Crippen LogP contribution in [0.1, 0.15) is 15.9 Å². The highest BCUT2D eigenvalue weighted by atomic mass is 35.5. The van der Waals surface area contributed by atoms with Crippen LogP contribution < -0.4 is 15.5 Å². The van der Waals surface area contributed by atoms with Crippen LogP contribution in [0.25, 0.3) is 0 Å². The minimum atomic E-state index is -4.64. The lowest BCUT2D eigenvalue weighted by molar-refractivity contribution is -0.137. The van der Waals surface area contributed by atoms with Gasteiger partial charge in [0, 0.05) is 16.3 Å². The van der Waals surface area contributed by atoms with Crippen LogP contribution in [0.5, 0.6) is 0 Å². The van der Waals surface area contributed by atoms with E-state index in [2.05, 4.69) is 10.6 Å². The Kier molecular flexibility index (Phi) is 6.99. The molecule has 0 saturated carbocycles. The molecule has 2 N–H and O–H groups in total. The number of alkyl halides is 3. The van der Waals surface area contributed by atoms with Gasteiger partial charge in [0.2, 0.25) is 0 Å². The second-order valence-electron chi connectivity index (χ2n) is 7.43. The highest BCUT2D eigenvalue weighted by Gasteiger charge is 2.40. The Morgan fingerprint density at radius 1 is 0.861 bits per heavy atom. The van der Waals surface area contributed by atoms with Gasteiger partial charge in [0.25, 0.3) is 17.7 Å². The van der Waals surface area contributed by atoms with E-state index in [1.165, 1.54) is 54.6 Å². The van der Waals surface area contributed by atoms with Gasteiger partial charge in [-0.05, 0) is 54.6 Å². The SMILES string of the molecule is O=C(Nc1ccccc1C(F)(F)F)c1ccc(NC2=C(Cl)C(=O)N(c3ccc(Cl)cc3Cl)C2=O)cc1. The quantitative estimate of drug-likeness (QED) is 0.344. The first-order valence-electron chi connectivity index (χ1n) is 10.1. The normalized spacial score (nSPS) is 13.9. The molecule has 0 saturated heterocycles. The summed E-state index contributed by atoms with van der Waals surface area (Å²) in [7, 11) is 0. The third-order valence-corrected chi connectivity index (χ3v) is 5.96. The van der Waals surface area contributed by atoms with E-state index in [1.54, 1.807) is 0 Å². The van der Waals surface area contributed by atoms with Crippen molar-refractivity contribution < 1.29 is 27.6 Å². The van der Waals surface area contributed by atoms with Crippen LogP contribution >= 0.6 is 34.8 Å². The highest BCUT2D eigenvalue weighted by Crippen LogP contribution is 2.36. The van der Waals surface area contributed by atoms with E-state index in [0.717, 1.165) is 17.0 Å². The topological polar surface area (TPSA) is 78.5 Å². The molecule has 184 valence electrons. The number of carbonyl (C=O) groups is 3. The number of rotatable bonds is 5. The molecule has 0 aromatic heterocycles. The maximum Gasteiger partial charge on any atom is 0.418 e. The van der Waals surface area contributed by atoms with E-state index in [4.69, 9.17) is 34.8 Å². The zero-order valence-electron chi connectivity index (χ0n) is 17.8. The zero-order valence-corrected chi connectivity index (χ0v) is 20.1. The average molecular weight is 555 g/mol. The Labute approximate surface area is 217 Å². The third-order valence-electron chi connectivity index (χ3n) is 5.08. The monoisotopic (exact) mass is 553 g/mol. The summed E-state index contributed by atoms with van der Waals surface area (Å²) in [6.45, 7) is 0. The predicted octanol–water partition coefficient (Wildman–Crippen LogP) is 6.70. The molecule has 0 spiro atoms. The van der Waals surface area contributed by atoms with Gasteiger partial charge in [0.1, 0.15) is 10.7 Å². The summed E-state index contributed by atoms with van der Waals surface area (Å²) < 4.78 is 39.5. The van der Waals surface area contributed by atoms with E-state index >= 15 is 0 Å². The number of benzene rings is 3. The van der Waals surface area contributed by atoms with Crippen molar-refractivity contribution in [2.75, 3.05) is 15.5 Å². The van der Waals surface area contributed by atoms with E-state index in [9.17, 15) is 27.6 Å².